The number of thioether (sulfide) groups is 1. The summed E-state index contributed by atoms with van der Waals surface area (Å²) in [6, 6.07) is 22.1. The summed E-state index contributed by atoms with van der Waals surface area (Å²) in [7, 11) is 4.79. The van der Waals surface area contributed by atoms with Gasteiger partial charge in [-0.25, -0.2) is 4.98 Å². The number of aromatic nitrogens is 3. The van der Waals surface area contributed by atoms with Crippen LogP contribution in [0.15, 0.2) is 87.3 Å². The highest BCUT2D eigenvalue weighted by molar-refractivity contribution is 7.98. The minimum Gasteiger partial charge on any atom is -0.497 e. The van der Waals surface area contributed by atoms with Gasteiger partial charge in [-0.05, 0) is 54.6 Å². The van der Waals surface area contributed by atoms with Crippen LogP contribution in [0.5, 0.6) is 17.2 Å². The highest BCUT2D eigenvalue weighted by Gasteiger charge is 2.16. The zero-order valence-corrected chi connectivity index (χ0v) is 20.7. The maximum Gasteiger partial charge on any atom is 0.266 e. The van der Waals surface area contributed by atoms with Crippen molar-refractivity contribution >= 4 is 22.7 Å². The van der Waals surface area contributed by atoms with E-state index in [4.69, 9.17) is 23.7 Å². The number of methoxy groups -OCH3 is 3. The number of hydrogen-bond donors (Lipinski definition) is 0. The molecule has 0 radical (unpaired) electrons. The van der Waals surface area contributed by atoms with Crippen molar-refractivity contribution in [2.45, 2.75) is 10.9 Å². The minimum atomic E-state index is -0.142. The van der Waals surface area contributed by atoms with Crippen LogP contribution in [0.4, 0.5) is 0 Å². The SMILES string of the molecule is COc1ccc(-n2c(SCc3cc(-c4ccc(OC)c(OC)c4)no3)nc3ccccc3c2=O)cc1. The van der Waals surface area contributed by atoms with Gasteiger partial charge in [0.1, 0.15) is 17.2 Å². The van der Waals surface area contributed by atoms with Gasteiger partial charge in [0.15, 0.2) is 16.7 Å². The summed E-state index contributed by atoms with van der Waals surface area (Å²) >= 11 is 1.40. The van der Waals surface area contributed by atoms with Gasteiger partial charge in [0.05, 0.1) is 43.7 Å². The summed E-state index contributed by atoms with van der Waals surface area (Å²) in [5.41, 5.74) is 2.71. The van der Waals surface area contributed by atoms with E-state index in [2.05, 4.69) is 5.16 Å². The van der Waals surface area contributed by atoms with Crippen molar-refractivity contribution < 1.29 is 18.7 Å². The predicted molar refractivity (Wildman–Crippen MR) is 138 cm³/mol. The predicted octanol–water partition coefficient (Wildman–Crippen LogP) is 5.36. The van der Waals surface area contributed by atoms with Gasteiger partial charge in [-0.15, -0.1) is 0 Å². The molecule has 5 aromatic rings. The Morgan fingerprint density at radius 3 is 2.42 bits per heavy atom. The molecule has 0 unspecified atom stereocenters. The molecule has 9 heteroatoms. The summed E-state index contributed by atoms with van der Waals surface area (Å²) in [6.07, 6.45) is 0. The molecule has 36 heavy (non-hydrogen) atoms. The van der Waals surface area contributed by atoms with Crippen LogP contribution in [-0.2, 0) is 5.75 Å². The summed E-state index contributed by atoms with van der Waals surface area (Å²) in [6.45, 7) is 0. The van der Waals surface area contributed by atoms with E-state index in [1.54, 1.807) is 32.0 Å². The van der Waals surface area contributed by atoms with Crippen molar-refractivity contribution in [3.63, 3.8) is 0 Å². The van der Waals surface area contributed by atoms with Crippen LogP contribution in [0, 0.1) is 0 Å². The van der Waals surface area contributed by atoms with Gasteiger partial charge in [0.2, 0.25) is 0 Å². The molecule has 0 bridgehead atoms. The van der Waals surface area contributed by atoms with E-state index in [1.807, 2.05) is 66.7 Å². The lowest BCUT2D eigenvalue weighted by atomic mass is 10.1. The Kier molecular flexibility index (Phi) is 6.64. The van der Waals surface area contributed by atoms with Crippen molar-refractivity contribution in [2.24, 2.45) is 0 Å². The molecule has 0 aliphatic carbocycles. The number of nitrogens with zero attached hydrogens (tertiary/aromatic N) is 3. The van der Waals surface area contributed by atoms with Crippen LogP contribution in [-0.4, -0.2) is 36.0 Å². The van der Waals surface area contributed by atoms with Crippen molar-refractivity contribution in [3.8, 4) is 34.2 Å². The van der Waals surface area contributed by atoms with Crippen molar-refractivity contribution in [3.05, 3.63) is 88.9 Å². The first-order chi connectivity index (χ1) is 17.6. The normalized spacial score (nSPS) is 11.0. The number of benzene rings is 3. The lowest BCUT2D eigenvalue weighted by Crippen LogP contribution is -2.21. The fraction of sp³-hybridized carbons (Fsp3) is 0.148. The quantitative estimate of drug-likeness (QED) is 0.207. The van der Waals surface area contributed by atoms with Crippen LogP contribution < -0.4 is 19.8 Å². The van der Waals surface area contributed by atoms with Crippen LogP contribution in [0.3, 0.4) is 0 Å². The molecule has 5 rings (SSSR count). The minimum absolute atomic E-state index is 0.142. The van der Waals surface area contributed by atoms with Gasteiger partial charge in [-0.2, -0.15) is 0 Å². The third kappa shape index (κ3) is 4.52. The van der Waals surface area contributed by atoms with Crippen LogP contribution in [0.25, 0.3) is 27.8 Å². The maximum atomic E-state index is 13.4. The Balaban J connectivity index is 1.47. The van der Waals surface area contributed by atoms with Gasteiger partial charge in [-0.3, -0.25) is 9.36 Å². The topological polar surface area (TPSA) is 88.6 Å². The monoisotopic (exact) mass is 501 g/mol. The molecule has 0 saturated heterocycles. The van der Waals surface area contributed by atoms with Gasteiger partial charge in [0, 0.05) is 11.6 Å². The van der Waals surface area contributed by atoms with E-state index < -0.39 is 0 Å². The van der Waals surface area contributed by atoms with E-state index in [1.165, 1.54) is 11.8 Å². The van der Waals surface area contributed by atoms with E-state index >= 15 is 0 Å². The molecule has 0 aliphatic heterocycles. The number of para-hydroxylation sites is 1. The smallest absolute Gasteiger partial charge is 0.266 e. The lowest BCUT2D eigenvalue weighted by molar-refractivity contribution is 0.355. The summed E-state index contributed by atoms with van der Waals surface area (Å²) < 4.78 is 23.2. The Morgan fingerprint density at radius 1 is 0.889 bits per heavy atom. The van der Waals surface area contributed by atoms with Crippen LogP contribution in [0.1, 0.15) is 5.76 Å². The number of fused-ring (bicyclic) bond motifs is 1. The molecule has 0 fully saturated rings. The first kappa shape index (κ1) is 23.5. The highest BCUT2D eigenvalue weighted by atomic mass is 32.2. The zero-order valence-electron chi connectivity index (χ0n) is 19.9. The molecule has 2 heterocycles. The molecule has 2 aromatic heterocycles. The Hall–Kier alpha value is -4.24. The molecule has 0 saturated carbocycles. The lowest BCUT2D eigenvalue weighted by Gasteiger charge is -2.13. The Labute approximate surface area is 211 Å². The molecule has 182 valence electrons. The fourth-order valence-electron chi connectivity index (χ4n) is 3.82. The number of ether oxygens (including phenoxy) is 3. The molecular formula is C27H23N3O5S. The molecule has 0 aliphatic rings. The molecule has 0 N–H and O–H groups in total. The number of rotatable bonds is 8. The van der Waals surface area contributed by atoms with Crippen molar-refractivity contribution in [2.75, 3.05) is 21.3 Å². The Bertz CT molecular complexity index is 1580. The second-order valence-corrected chi connectivity index (χ2v) is 8.73. The highest BCUT2D eigenvalue weighted by Crippen LogP contribution is 2.33. The van der Waals surface area contributed by atoms with E-state index in [9.17, 15) is 4.79 Å². The van der Waals surface area contributed by atoms with Gasteiger partial charge < -0.3 is 18.7 Å². The second kappa shape index (κ2) is 10.2. The second-order valence-electron chi connectivity index (χ2n) is 7.79. The van der Waals surface area contributed by atoms with E-state index in [0.717, 1.165) is 5.56 Å². The standard InChI is InChI=1S/C27H23N3O5S/c1-32-19-11-9-18(10-12-19)30-26(31)21-6-4-5-7-22(21)28-27(30)36-16-20-15-23(29-35-20)17-8-13-24(33-2)25(14-17)34-3/h4-15H,16H2,1-3H3. The fourth-order valence-corrected chi connectivity index (χ4v) is 4.70. The summed E-state index contributed by atoms with van der Waals surface area (Å²) in [5.74, 6) is 3.03. The molecule has 3 aromatic carbocycles. The third-order valence-corrected chi connectivity index (χ3v) is 6.62. The van der Waals surface area contributed by atoms with Crippen molar-refractivity contribution in [1.29, 1.82) is 0 Å². The average molecular weight is 502 g/mol. The number of hydrogen-bond acceptors (Lipinski definition) is 8. The van der Waals surface area contributed by atoms with Gasteiger partial charge >= 0.3 is 0 Å². The van der Waals surface area contributed by atoms with E-state index in [-0.39, 0.29) is 5.56 Å². The molecule has 8 nitrogen and oxygen atoms in total. The molecule has 0 amide bonds. The van der Waals surface area contributed by atoms with Gasteiger partial charge in [-0.1, -0.05) is 29.1 Å². The summed E-state index contributed by atoms with van der Waals surface area (Å²) in [4.78, 5) is 18.2. The molecule has 0 spiro atoms. The third-order valence-electron chi connectivity index (χ3n) is 5.66. The largest absolute Gasteiger partial charge is 0.497 e. The Morgan fingerprint density at radius 2 is 1.67 bits per heavy atom. The van der Waals surface area contributed by atoms with Gasteiger partial charge in [0.25, 0.3) is 5.56 Å². The summed E-state index contributed by atoms with van der Waals surface area (Å²) in [5, 5.41) is 5.31. The molecule has 0 atom stereocenters. The van der Waals surface area contributed by atoms with E-state index in [0.29, 0.717) is 56.2 Å². The van der Waals surface area contributed by atoms with Crippen LogP contribution in [0.2, 0.25) is 0 Å². The molecular weight excluding hydrogens is 478 g/mol. The zero-order chi connectivity index (χ0) is 25.1. The average Bonchev–Trinajstić information content (AvgIpc) is 3.41. The maximum absolute atomic E-state index is 13.4. The van der Waals surface area contributed by atoms with Crippen LogP contribution >= 0.6 is 11.8 Å². The first-order valence-corrected chi connectivity index (χ1v) is 12.1. The van der Waals surface area contributed by atoms with Crippen molar-refractivity contribution in [1.82, 2.24) is 14.7 Å². The first-order valence-electron chi connectivity index (χ1n) is 11.1.